The Morgan fingerprint density at radius 3 is 2.35 bits per heavy atom. The zero-order valence-electron chi connectivity index (χ0n) is 10.9. The summed E-state index contributed by atoms with van der Waals surface area (Å²) in [5.41, 5.74) is 11.3. The van der Waals surface area contributed by atoms with Gasteiger partial charge in [0, 0.05) is 15.8 Å². The fraction of sp³-hybridized carbons (Fsp3) is 0.333. The van der Waals surface area contributed by atoms with Crippen LogP contribution in [0, 0.1) is 20.8 Å². The topological polar surface area (TPSA) is 26.0 Å². The second-order valence-electron chi connectivity index (χ2n) is 4.77. The summed E-state index contributed by atoms with van der Waals surface area (Å²) in [7, 11) is 0. The van der Waals surface area contributed by atoms with E-state index in [9.17, 15) is 0 Å². The number of aryl methyl sites for hydroxylation is 3. The van der Waals surface area contributed by atoms with Gasteiger partial charge in [-0.3, -0.25) is 0 Å². The first-order valence-corrected chi connectivity index (χ1v) is 6.74. The van der Waals surface area contributed by atoms with E-state index in [0.717, 1.165) is 0 Å². The first-order chi connectivity index (χ1) is 7.99. The van der Waals surface area contributed by atoms with Crippen LogP contribution in [-0.2, 0) is 0 Å². The molecule has 90 valence electrons. The van der Waals surface area contributed by atoms with Crippen molar-refractivity contribution in [3.63, 3.8) is 0 Å². The van der Waals surface area contributed by atoms with Crippen molar-refractivity contribution < 1.29 is 0 Å². The van der Waals surface area contributed by atoms with E-state index >= 15 is 0 Å². The lowest BCUT2D eigenvalue weighted by Crippen LogP contribution is -2.01. The molecular formula is C15H19NS. The minimum absolute atomic E-state index is 0.123. The molecule has 0 radical (unpaired) electrons. The van der Waals surface area contributed by atoms with Crippen molar-refractivity contribution >= 4 is 11.3 Å². The highest BCUT2D eigenvalue weighted by molar-refractivity contribution is 7.15. The van der Waals surface area contributed by atoms with Gasteiger partial charge in [0.15, 0.2) is 0 Å². The second-order valence-corrected chi connectivity index (χ2v) is 5.85. The van der Waals surface area contributed by atoms with Crippen molar-refractivity contribution in [1.82, 2.24) is 0 Å². The Bertz CT molecular complexity index is 538. The highest BCUT2D eigenvalue weighted by Crippen LogP contribution is 2.36. The normalized spacial score (nSPS) is 12.8. The van der Waals surface area contributed by atoms with Gasteiger partial charge in [-0.05, 0) is 50.5 Å². The van der Waals surface area contributed by atoms with Crippen LogP contribution in [0.1, 0.15) is 34.5 Å². The van der Waals surface area contributed by atoms with Crippen LogP contribution < -0.4 is 5.73 Å². The van der Waals surface area contributed by atoms with E-state index in [2.05, 4.69) is 45.0 Å². The molecular weight excluding hydrogens is 226 g/mol. The third kappa shape index (κ3) is 2.43. The number of hydrogen-bond donors (Lipinski definition) is 1. The fourth-order valence-electron chi connectivity index (χ4n) is 1.98. The van der Waals surface area contributed by atoms with Crippen LogP contribution >= 0.6 is 11.3 Å². The maximum Gasteiger partial charge on any atom is 0.0378 e. The molecule has 2 aromatic rings. The summed E-state index contributed by atoms with van der Waals surface area (Å²) in [6.45, 7) is 8.51. The van der Waals surface area contributed by atoms with Crippen molar-refractivity contribution in [2.75, 3.05) is 0 Å². The molecule has 0 bridgehead atoms. The van der Waals surface area contributed by atoms with Crippen LogP contribution in [0.25, 0.3) is 10.4 Å². The Kier molecular flexibility index (Phi) is 3.36. The molecule has 2 N–H and O–H groups in total. The molecule has 1 aromatic heterocycles. The zero-order chi connectivity index (χ0) is 12.6. The molecule has 0 aliphatic carbocycles. The maximum atomic E-state index is 5.95. The average Bonchev–Trinajstić information content (AvgIpc) is 2.64. The molecule has 1 nitrogen and oxygen atoms in total. The van der Waals surface area contributed by atoms with Crippen LogP contribution in [0.2, 0.25) is 0 Å². The van der Waals surface area contributed by atoms with E-state index in [0.29, 0.717) is 0 Å². The summed E-state index contributed by atoms with van der Waals surface area (Å²) in [6, 6.07) is 8.95. The van der Waals surface area contributed by atoms with Gasteiger partial charge >= 0.3 is 0 Å². The average molecular weight is 245 g/mol. The zero-order valence-corrected chi connectivity index (χ0v) is 11.7. The van der Waals surface area contributed by atoms with E-state index in [1.807, 2.05) is 18.3 Å². The highest BCUT2D eigenvalue weighted by atomic mass is 32.1. The standard InChI is InChI=1S/C15H19NS/c1-9-5-6-10(2)13(7-9)15-11(3)8-14(17-15)12(4)16/h5-8,12H,16H2,1-4H3. The van der Waals surface area contributed by atoms with E-state index in [-0.39, 0.29) is 6.04 Å². The van der Waals surface area contributed by atoms with Crippen LogP contribution in [-0.4, -0.2) is 0 Å². The molecule has 1 unspecified atom stereocenters. The monoisotopic (exact) mass is 245 g/mol. The molecule has 1 heterocycles. The SMILES string of the molecule is Cc1ccc(C)c(-c2sc(C(C)N)cc2C)c1. The van der Waals surface area contributed by atoms with E-state index in [1.54, 1.807) is 0 Å². The number of nitrogens with two attached hydrogens (primary N) is 1. The van der Waals surface area contributed by atoms with Gasteiger partial charge in [-0.2, -0.15) is 0 Å². The maximum absolute atomic E-state index is 5.95. The minimum atomic E-state index is 0.123. The number of hydrogen-bond acceptors (Lipinski definition) is 2. The fourth-order valence-corrected chi connectivity index (χ4v) is 3.19. The molecule has 0 aliphatic heterocycles. The molecule has 17 heavy (non-hydrogen) atoms. The largest absolute Gasteiger partial charge is 0.324 e. The molecule has 2 rings (SSSR count). The quantitative estimate of drug-likeness (QED) is 0.836. The molecule has 0 saturated carbocycles. The van der Waals surface area contributed by atoms with Crippen LogP contribution in [0.4, 0.5) is 0 Å². The molecule has 0 fully saturated rings. The summed E-state index contributed by atoms with van der Waals surface area (Å²) in [5.74, 6) is 0. The molecule has 0 spiro atoms. The first-order valence-electron chi connectivity index (χ1n) is 5.92. The Balaban J connectivity index is 2.56. The third-order valence-corrected chi connectivity index (χ3v) is 4.49. The highest BCUT2D eigenvalue weighted by Gasteiger charge is 2.12. The Hall–Kier alpha value is -1.12. The van der Waals surface area contributed by atoms with Gasteiger partial charge in [0.1, 0.15) is 0 Å². The lowest BCUT2D eigenvalue weighted by atomic mass is 10.0. The summed E-state index contributed by atoms with van der Waals surface area (Å²) < 4.78 is 0. The summed E-state index contributed by atoms with van der Waals surface area (Å²) >= 11 is 1.82. The molecule has 1 aromatic carbocycles. The van der Waals surface area contributed by atoms with Gasteiger partial charge in [0.25, 0.3) is 0 Å². The van der Waals surface area contributed by atoms with E-state index in [4.69, 9.17) is 5.73 Å². The van der Waals surface area contributed by atoms with Crippen LogP contribution in [0.15, 0.2) is 24.3 Å². The van der Waals surface area contributed by atoms with Gasteiger partial charge in [0.05, 0.1) is 0 Å². The summed E-state index contributed by atoms with van der Waals surface area (Å²) in [5, 5.41) is 0. The predicted molar refractivity (Wildman–Crippen MR) is 76.6 cm³/mol. The lowest BCUT2D eigenvalue weighted by molar-refractivity contribution is 0.838. The molecule has 0 amide bonds. The van der Waals surface area contributed by atoms with Gasteiger partial charge in [-0.25, -0.2) is 0 Å². The van der Waals surface area contributed by atoms with Crippen LogP contribution in [0.5, 0.6) is 0 Å². The van der Waals surface area contributed by atoms with E-state index < -0.39 is 0 Å². The van der Waals surface area contributed by atoms with Crippen molar-refractivity contribution in [3.8, 4) is 10.4 Å². The molecule has 1 atom stereocenters. The Morgan fingerprint density at radius 1 is 1.06 bits per heavy atom. The predicted octanol–water partition coefficient (Wildman–Crippen LogP) is 4.36. The third-order valence-electron chi connectivity index (χ3n) is 3.02. The first kappa shape index (κ1) is 12.3. The number of thiophene rings is 1. The minimum Gasteiger partial charge on any atom is -0.324 e. The van der Waals surface area contributed by atoms with Crippen LogP contribution in [0.3, 0.4) is 0 Å². The van der Waals surface area contributed by atoms with Crippen molar-refractivity contribution in [2.24, 2.45) is 5.73 Å². The molecule has 0 saturated heterocycles. The molecule has 0 aliphatic rings. The van der Waals surface area contributed by atoms with Crippen molar-refractivity contribution in [3.05, 3.63) is 45.8 Å². The lowest BCUT2D eigenvalue weighted by Gasteiger charge is -2.06. The second kappa shape index (κ2) is 4.63. The molecule has 2 heteroatoms. The summed E-state index contributed by atoms with van der Waals surface area (Å²) in [4.78, 5) is 2.62. The van der Waals surface area contributed by atoms with Gasteiger partial charge in [0.2, 0.25) is 0 Å². The van der Waals surface area contributed by atoms with Crippen molar-refractivity contribution in [2.45, 2.75) is 33.7 Å². The Morgan fingerprint density at radius 2 is 1.76 bits per heavy atom. The smallest absolute Gasteiger partial charge is 0.0378 e. The van der Waals surface area contributed by atoms with E-state index in [1.165, 1.54) is 32.0 Å². The van der Waals surface area contributed by atoms with Gasteiger partial charge < -0.3 is 5.73 Å². The number of rotatable bonds is 2. The van der Waals surface area contributed by atoms with Gasteiger partial charge in [-0.1, -0.05) is 23.8 Å². The Labute approximate surface area is 107 Å². The summed E-state index contributed by atoms with van der Waals surface area (Å²) in [6.07, 6.45) is 0. The van der Waals surface area contributed by atoms with Gasteiger partial charge in [-0.15, -0.1) is 11.3 Å². The number of benzene rings is 1. The van der Waals surface area contributed by atoms with Crippen molar-refractivity contribution in [1.29, 1.82) is 0 Å².